The largest absolute Gasteiger partial charge is 0.337 e. The second kappa shape index (κ2) is 5.87. The highest BCUT2D eigenvalue weighted by Gasteiger charge is 2.28. The summed E-state index contributed by atoms with van der Waals surface area (Å²) in [6, 6.07) is 7.66. The van der Waals surface area contributed by atoms with E-state index in [2.05, 4.69) is 5.10 Å². The second-order valence-electron chi connectivity index (χ2n) is 5.61. The summed E-state index contributed by atoms with van der Waals surface area (Å²) in [5.74, 6) is -0.515. The van der Waals surface area contributed by atoms with Crippen molar-refractivity contribution in [2.45, 2.75) is 6.42 Å². The number of aromatic nitrogens is 2. The molecule has 0 saturated carbocycles. The van der Waals surface area contributed by atoms with Crippen LogP contribution in [0.1, 0.15) is 16.9 Å². The lowest BCUT2D eigenvalue weighted by Crippen LogP contribution is -2.30. The number of carbonyl (C=O) groups excluding carboxylic acids is 1. The smallest absolute Gasteiger partial charge is 0.272 e. The molecule has 0 radical (unpaired) electrons. The van der Waals surface area contributed by atoms with Crippen LogP contribution in [-0.2, 0) is 7.05 Å². The Morgan fingerprint density at radius 1 is 1.36 bits per heavy atom. The molecule has 22 heavy (non-hydrogen) atoms. The van der Waals surface area contributed by atoms with E-state index in [-0.39, 0.29) is 17.6 Å². The summed E-state index contributed by atoms with van der Waals surface area (Å²) >= 11 is 0. The molecule has 6 heteroatoms. The third kappa shape index (κ3) is 2.73. The van der Waals surface area contributed by atoms with Crippen LogP contribution in [0.3, 0.4) is 0 Å². The lowest BCUT2D eigenvalue weighted by atomic mass is 10.1. The van der Waals surface area contributed by atoms with Crippen molar-refractivity contribution in [1.29, 1.82) is 0 Å². The van der Waals surface area contributed by atoms with Gasteiger partial charge in [-0.2, -0.15) is 5.10 Å². The molecule has 1 fully saturated rings. The molecule has 0 N–H and O–H groups in total. The predicted octanol–water partition coefficient (Wildman–Crippen LogP) is 2.66. The quantitative estimate of drug-likeness (QED) is 0.874. The molecule has 1 amide bonds. The minimum atomic E-state index is -0.393. The first-order valence-corrected chi connectivity index (χ1v) is 7.23. The third-order valence-electron chi connectivity index (χ3n) is 4.03. The Morgan fingerprint density at radius 3 is 2.73 bits per heavy atom. The maximum Gasteiger partial charge on any atom is 0.272 e. The molecule has 116 valence electrons. The molecule has 1 unspecified atom stereocenters. The van der Waals surface area contributed by atoms with Gasteiger partial charge in [-0.15, -0.1) is 0 Å². The molecule has 0 aliphatic carbocycles. The van der Waals surface area contributed by atoms with Gasteiger partial charge in [-0.05, 0) is 36.8 Å². The fourth-order valence-corrected chi connectivity index (χ4v) is 2.73. The first-order chi connectivity index (χ1) is 10.6. The lowest BCUT2D eigenvalue weighted by Gasteiger charge is -2.15. The average Bonchev–Trinajstić information content (AvgIpc) is 3.14. The molecule has 2 heterocycles. The Bertz CT molecular complexity index is 681. The molecule has 4 nitrogen and oxygen atoms in total. The van der Waals surface area contributed by atoms with E-state index in [1.165, 1.54) is 16.8 Å². The number of carbonyl (C=O) groups is 1. The van der Waals surface area contributed by atoms with Crippen molar-refractivity contribution in [2.24, 2.45) is 13.0 Å². The fraction of sp³-hybridized carbons (Fsp3) is 0.375. The van der Waals surface area contributed by atoms with Gasteiger partial charge in [-0.3, -0.25) is 13.9 Å². The third-order valence-corrected chi connectivity index (χ3v) is 4.03. The van der Waals surface area contributed by atoms with E-state index in [0.29, 0.717) is 30.9 Å². The number of nitrogens with zero attached hydrogens (tertiary/aromatic N) is 3. The maximum absolute atomic E-state index is 13.0. The van der Waals surface area contributed by atoms with Crippen molar-refractivity contribution in [3.8, 4) is 11.3 Å². The van der Waals surface area contributed by atoms with Crippen LogP contribution in [0.15, 0.2) is 30.3 Å². The molecular formula is C16H17F2N3O. The molecule has 1 aromatic heterocycles. The zero-order chi connectivity index (χ0) is 15.7. The van der Waals surface area contributed by atoms with Crippen molar-refractivity contribution >= 4 is 5.91 Å². The second-order valence-corrected chi connectivity index (χ2v) is 5.61. The Labute approximate surface area is 127 Å². The van der Waals surface area contributed by atoms with E-state index in [1.54, 1.807) is 30.1 Å². The van der Waals surface area contributed by atoms with Gasteiger partial charge in [0.05, 0.1) is 12.4 Å². The molecule has 1 saturated heterocycles. The first-order valence-electron chi connectivity index (χ1n) is 7.23. The number of likely N-dealkylation sites (tertiary alicyclic amines) is 1. The molecule has 1 aromatic carbocycles. The number of amides is 1. The molecule has 0 bridgehead atoms. The van der Waals surface area contributed by atoms with Crippen molar-refractivity contribution in [2.75, 3.05) is 19.8 Å². The van der Waals surface area contributed by atoms with Crippen LogP contribution in [0.4, 0.5) is 8.78 Å². The molecule has 1 atom stereocenters. The number of alkyl halides is 1. The number of hydrogen-bond acceptors (Lipinski definition) is 2. The Hall–Kier alpha value is -2.24. The highest BCUT2D eigenvalue weighted by molar-refractivity contribution is 5.94. The first kappa shape index (κ1) is 14.7. The van der Waals surface area contributed by atoms with Crippen molar-refractivity contribution in [1.82, 2.24) is 14.7 Å². The topological polar surface area (TPSA) is 38.1 Å². The van der Waals surface area contributed by atoms with Crippen LogP contribution in [-0.4, -0.2) is 40.4 Å². The van der Waals surface area contributed by atoms with Crippen LogP contribution < -0.4 is 0 Å². The maximum atomic E-state index is 13.0. The van der Waals surface area contributed by atoms with Crippen LogP contribution in [0.25, 0.3) is 11.3 Å². The number of aryl methyl sites for hydroxylation is 1. The number of benzene rings is 1. The molecular weight excluding hydrogens is 288 g/mol. The van der Waals surface area contributed by atoms with Gasteiger partial charge in [0.25, 0.3) is 5.91 Å². The van der Waals surface area contributed by atoms with Gasteiger partial charge in [0.15, 0.2) is 0 Å². The van der Waals surface area contributed by atoms with E-state index < -0.39 is 6.67 Å². The Kier molecular flexibility index (Phi) is 3.92. The average molecular weight is 305 g/mol. The molecule has 1 aliphatic rings. The van der Waals surface area contributed by atoms with Crippen LogP contribution in [0.2, 0.25) is 0 Å². The van der Waals surface area contributed by atoms with Crippen LogP contribution in [0.5, 0.6) is 0 Å². The van der Waals surface area contributed by atoms with E-state index in [9.17, 15) is 13.6 Å². The van der Waals surface area contributed by atoms with Crippen molar-refractivity contribution < 1.29 is 13.6 Å². The minimum Gasteiger partial charge on any atom is -0.337 e. The lowest BCUT2D eigenvalue weighted by molar-refractivity contribution is 0.0774. The highest BCUT2D eigenvalue weighted by Crippen LogP contribution is 2.23. The van der Waals surface area contributed by atoms with E-state index in [0.717, 1.165) is 5.56 Å². The molecule has 0 spiro atoms. The molecule has 2 aromatic rings. The summed E-state index contributed by atoms with van der Waals surface area (Å²) in [4.78, 5) is 14.2. The van der Waals surface area contributed by atoms with Gasteiger partial charge in [0.1, 0.15) is 11.5 Å². The molecule has 3 rings (SSSR count). The summed E-state index contributed by atoms with van der Waals surface area (Å²) in [5, 5.41) is 4.31. The summed E-state index contributed by atoms with van der Waals surface area (Å²) in [5.41, 5.74) is 1.82. The van der Waals surface area contributed by atoms with Gasteiger partial charge < -0.3 is 4.90 Å². The number of rotatable bonds is 3. The minimum absolute atomic E-state index is 0.0613. The Balaban J connectivity index is 1.83. The summed E-state index contributed by atoms with van der Waals surface area (Å²) in [7, 11) is 1.70. The standard InChI is InChI=1S/C16H17F2N3O/c1-20-15(16(22)21-7-6-11(9-17)10-21)8-14(19-20)12-2-4-13(18)5-3-12/h2-5,8,11H,6-7,9-10H2,1H3. The predicted molar refractivity (Wildman–Crippen MR) is 78.6 cm³/mol. The van der Waals surface area contributed by atoms with Crippen molar-refractivity contribution in [3.63, 3.8) is 0 Å². The van der Waals surface area contributed by atoms with E-state index in [4.69, 9.17) is 0 Å². The number of hydrogen-bond donors (Lipinski definition) is 0. The van der Waals surface area contributed by atoms with Gasteiger partial charge in [0, 0.05) is 31.6 Å². The number of halogens is 2. The summed E-state index contributed by atoms with van der Waals surface area (Å²) < 4.78 is 27.2. The zero-order valence-corrected chi connectivity index (χ0v) is 12.3. The normalized spacial score (nSPS) is 18.0. The van der Waals surface area contributed by atoms with Gasteiger partial charge >= 0.3 is 0 Å². The summed E-state index contributed by atoms with van der Waals surface area (Å²) in [6.45, 7) is 0.632. The van der Waals surface area contributed by atoms with Gasteiger partial charge in [0.2, 0.25) is 0 Å². The molecule has 1 aliphatic heterocycles. The van der Waals surface area contributed by atoms with Crippen molar-refractivity contribution in [3.05, 3.63) is 41.8 Å². The van der Waals surface area contributed by atoms with Gasteiger partial charge in [-0.25, -0.2) is 4.39 Å². The van der Waals surface area contributed by atoms with Crippen LogP contribution >= 0.6 is 0 Å². The van der Waals surface area contributed by atoms with Gasteiger partial charge in [-0.1, -0.05) is 0 Å². The van der Waals surface area contributed by atoms with E-state index >= 15 is 0 Å². The SMILES string of the molecule is Cn1nc(-c2ccc(F)cc2)cc1C(=O)N1CCC(CF)C1. The van der Waals surface area contributed by atoms with Crippen LogP contribution in [0, 0.1) is 11.7 Å². The zero-order valence-electron chi connectivity index (χ0n) is 12.3. The fourth-order valence-electron chi connectivity index (χ4n) is 2.73. The highest BCUT2D eigenvalue weighted by atomic mass is 19.1. The monoisotopic (exact) mass is 305 g/mol. The van der Waals surface area contributed by atoms with E-state index in [1.807, 2.05) is 0 Å². The summed E-state index contributed by atoms with van der Waals surface area (Å²) in [6.07, 6.45) is 0.699. The Morgan fingerprint density at radius 2 is 2.09 bits per heavy atom.